The van der Waals surface area contributed by atoms with Gasteiger partial charge in [-0.3, -0.25) is 4.68 Å². The average Bonchev–Trinajstić information content (AvgIpc) is 2.87. The first-order chi connectivity index (χ1) is 9.95. The Morgan fingerprint density at radius 2 is 2.24 bits per heavy atom. The van der Waals surface area contributed by atoms with E-state index < -0.39 is 5.97 Å². The molecule has 2 rings (SSSR count). The van der Waals surface area contributed by atoms with Gasteiger partial charge in [-0.05, 0) is 38.1 Å². The Bertz CT molecular complexity index is 677. The largest absolute Gasteiger partial charge is 0.478 e. The molecular weight excluding hydrogens is 336 g/mol. The van der Waals surface area contributed by atoms with Crippen LogP contribution in [0.15, 0.2) is 41.1 Å². The lowest BCUT2D eigenvalue weighted by atomic mass is 10.2. The van der Waals surface area contributed by atoms with Gasteiger partial charge in [-0.1, -0.05) is 15.9 Å². The van der Waals surface area contributed by atoms with Gasteiger partial charge < -0.3 is 9.84 Å². The van der Waals surface area contributed by atoms with E-state index in [-0.39, 0.29) is 6.04 Å². The minimum absolute atomic E-state index is 0.249. The molecule has 1 heterocycles. The third kappa shape index (κ3) is 4.19. The van der Waals surface area contributed by atoms with Crippen molar-refractivity contribution in [3.63, 3.8) is 0 Å². The van der Waals surface area contributed by atoms with Crippen LogP contribution < -0.4 is 4.74 Å². The average molecular weight is 351 g/mol. The fraction of sp³-hybridized carbons (Fsp3) is 0.200. The summed E-state index contributed by atoms with van der Waals surface area (Å²) in [4.78, 5) is 10.7. The molecule has 110 valence electrons. The van der Waals surface area contributed by atoms with E-state index in [1.54, 1.807) is 29.2 Å². The van der Waals surface area contributed by atoms with Gasteiger partial charge in [-0.2, -0.15) is 5.10 Å². The number of aromatic nitrogens is 2. The number of benzene rings is 1. The zero-order chi connectivity index (χ0) is 15.4. The number of hydrogen-bond acceptors (Lipinski definition) is 3. The Morgan fingerprint density at radius 3 is 2.86 bits per heavy atom. The Balaban J connectivity index is 2.27. The van der Waals surface area contributed by atoms with E-state index in [1.165, 1.54) is 6.08 Å². The third-order valence-electron chi connectivity index (χ3n) is 2.71. The van der Waals surface area contributed by atoms with Crippen molar-refractivity contribution in [3.05, 3.63) is 46.7 Å². The molecule has 1 aromatic heterocycles. The summed E-state index contributed by atoms with van der Waals surface area (Å²) in [7, 11) is 0. The smallest absolute Gasteiger partial charge is 0.328 e. The third-order valence-corrected chi connectivity index (χ3v) is 3.21. The predicted molar refractivity (Wildman–Crippen MR) is 83.5 cm³/mol. The van der Waals surface area contributed by atoms with Gasteiger partial charge in [0.2, 0.25) is 0 Å². The minimum Gasteiger partial charge on any atom is -0.478 e. The summed E-state index contributed by atoms with van der Waals surface area (Å²) >= 11 is 3.36. The zero-order valence-corrected chi connectivity index (χ0v) is 13.2. The first kappa shape index (κ1) is 15.3. The van der Waals surface area contributed by atoms with Crippen molar-refractivity contribution >= 4 is 28.0 Å². The van der Waals surface area contributed by atoms with E-state index in [2.05, 4.69) is 21.0 Å². The second kappa shape index (κ2) is 6.58. The summed E-state index contributed by atoms with van der Waals surface area (Å²) in [6.45, 7) is 4.05. The van der Waals surface area contributed by atoms with Gasteiger partial charge in [0.1, 0.15) is 5.75 Å². The molecule has 0 aliphatic rings. The molecule has 0 amide bonds. The molecule has 0 saturated heterocycles. The molecule has 0 aliphatic carbocycles. The van der Waals surface area contributed by atoms with Crippen LogP contribution in [0.1, 0.15) is 25.5 Å². The molecule has 6 heteroatoms. The van der Waals surface area contributed by atoms with Crippen molar-refractivity contribution in [1.29, 1.82) is 0 Å². The van der Waals surface area contributed by atoms with Crippen molar-refractivity contribution in [1.82, 2.24) is 9.78 Å². The van der Waals surface area contributed by atoms with Crippen molar-refractivity contribution in [2.45, 2.75) is 19.9 Å². The van der Waals surface area contributed by atoms with Gasteiger partial charge in [0.05, 0.1) is 12.4 Å². The molecule has 0 spiro atoms. The summed E-state index contributed by atoms with van der Waals surface area (Å²) in [5, 5.41) is 12.9. The number of aliphatic carboxylic acids is 1. The normalized spacial score (nSPS) is 11.2. The fourth-order valence-electron chi connectivity index (χ4n) is 1.69. The van der Waals surface area contributed by atoms with Crippen LogP contribution in [0.2, 0.25) is 0 Å². The van der Waals surface area contributed by atoms with E-state index in [9.17, 15) is 4.79 Å². The molecule has 0 aliphatic heterocycles. The highest BCUT2D eigenvalue weighted by Gasteiger charge is 2.07. The van der Waals surface area contributed by atoms with E-state index in [0.717, 1.165) is 10.5 Å². The Labute approximate surface area is 131 Å². The molecule has 0 unspecified atom stereocenters. The number of hydrogen-bond donors (Lipinski definition) is 1. The van der Waals surface area contributed by atoms with Crippen LogP contribution in [-0.4, -0.2) is 20.9 Å². The number of halogens is 1. The number of rotatable bonds is 5. The molecular formula is C15H15BrN2O3. The maximum atomic E-state index is 10.7. The van der Waals surface area contributed by atoms with E-state index in [0.29, 0.717) is 17.1 Å². The lowest BCUT2D eigenvalue weighted by Gasteiger charge is -2.07. The molecule has 0 bridgehead atoms. The molecule has 21 heavy (non-hydrogen) atoms. The lowest BCUT2D eigenvalue weighted by molar-refractivity contribution is -0.131. The molecule has 0 atom stereocenters. The van der Waals surface area contributed by atoms with Crippen LogP contribution >= 0.6 is 15.9 Å². The SMILES string of the molecule is CC(C)n1cc(Oc2ccc(Br)cc2/C=C/C(=O)O)cn1. The number of carbonyl (C=O) groups is 1. The van der Waals surface area contributed by atoms with Crippen LogP contribution in [0.5, 0.6) is 11.5 Å². The maximum Gasteiger partial charge on any atom is 0.328 e. The molecule has 5 nitrogen and oxygen atoms in total. The molecule has 1 aromatic carbocycles. The topological polar surface area (TPSA) is 64.3 Å². The standard InChI is InChI=1S/C15H15BrN2O3/c1-10(2)18-9-13(8-17-18)21-14-5-4-12(16)7-11(14)3-6-15(19)20/h3-10H,1-2H3,(H,19,20)/b6-3+. The quantitative estimate of drug-likeness (QED) is 0.823. The van der Waals surface area contributed by atoms with Crippen LogP contribution in [0.25, 0.3) is 6.08 Å². The molecule has 2 aromatic rings. The highest BCUT2D eigenvalue weighted by Crippen LogP contribution is 2.29. The minimum atomic E-state index is -1.01. The second-order valence-electron chi connectivity index (χ2n) is 4.71. The van der Waals surface area contributed by atoms with Crippen molar-refractivity contribution in [2.24, 2.45) is 0 Å². The summed E-state index contributed by atoms with van der Waals surface area (Å²) in [5.74, 6) is 0.170. The summed E-state index contributed by atoms with van der Waals surface area (Å²) in [5.41, 5.74) is 0.670. The van der Waals surface area contributed by atoms with Gasteiger partial charge in [0.25, 0.3) is 0 Å². The van der Waals surface area contributed by atoms with Gasteiger partial charge in [-0.25, -0.2) is 4.79 Å². The van der Waals surface area contributed by atoms with E-state index in [4.69, 9.17) is 9.84 Å². The zero-order valence-electron chi connectivity index (χ0n) is 11.7. The fourth-order valence-corrected chi connectivity index (χ4v) is 2.07. The van der Waals surface area contributed by atoms with Crippen molar-refractivity contribution < 1.29 is 14.6 Å². The van der Waals surface area contributed by atoms with E-state index >= 15 is 0 Å². The molecule has 0 fully saturated rings. The highest BCUT2D eigenvalue weighted by molar-refractivity contribution is 9.10. The van der Waals surface area contributed by atoms with Gasteiger partial charge in [0.15, 0.2) is 5.75 Å². The Morgan fingerprint density at radius 1 is 1.48 bits per heavy atom. The predicted octanol–water partition coefficient (Wildman–Crippen LogP) is 4.12. The monoisotopic (exact) mass is 350 g/mol. The highest BCUT2D eigenvalue weighted by atomic mass is 79.9. The number of nitrogens with zero attached hydrogens (tertiary/aromatic N) is 2. The van der Waals surface area contributed by atoms with Crippen molar-refractivity contribution in [3.8, 4) is 11.5 Å². The van der Waals surface area contributed by atoms with Crippen LogP contribution in [0.4, 0.5) is 0 Å². The van der Waals surface area contributed by atoms with Crippen LogP contribution in [0.3, 0.4) is 0 Å². The van der Waals surface area contributed by atoms with Crippen LogP contribution in [-0.2, 0) is 4.79 Å². The second-order valence-corrected chi connectivity index (χ2v) is 5.62. The lowest BCUT2D eigenvalue weighted by Crippen LogP contribution is -1.99. The summed E-state index contributed by atoms with van der Waals surface area (Å²) < 4.78 is 8.42. The first-order valence-electron chi connectivity index (χ1n) is 6.38. The summed E-state index contributed by atoms with van der Waals surface area (Å²) in [6, 6.07) is 5.65. The van der Waals surface area contributed by atoms with Gasteiger partial charge >= 0.3 is 5.97 Å². The Hall–Kier alpha value is -2.08. The maximum absolute atomic E-state index is 10.7. The molecule has 0 saturated carbocycles. The Kier molecular flexibility index (Phi) is 4.80. The number of carboxylic acids is 1. The number of ether oxygens (including phenoxy) is 1. The van der Waals surface area contributed by atoms with Crippen LogP contribution in [0, 0.1) is 0 Å². The first-order valence-corrected chi connectivity index (χ1v) is 7.17. The summed E-state index contributed by atoms with van der Waals surface area (Å²) in [6.07, 6.45) is 6.01. The van der Waals surface area contributed by atoms with Crippen molar-refractivity contribution in [2.75, 3.05) is 0 Å². The van der Waals surface area contributed by atoms with E-state index in [1.807, 2.05) is 19.9 Å². The number of carboxylic acid groups (broad SMARTS) is 1. The van der Waals surface area contributed by atoms with Gasteiger partial charge in [0, 0.05) is 22.2 Å². The molecule has 1 N–H and O–H groups in total. The molecule has 0 radical (unpaired) electrons. The van der Waals surface area contributed by atoms with Gasteiger partial charge in [-0.15, -0.1) is 0 Å².